The minimum Gasteiger partial charge on any atom is -0.382 e. The molecule has 0 heterocycles. The molecule has 1 unspecified atom stereocenters. The summed E-state index contributed by atoms with van der Waals surface area (Å²) < 4.78 is 0. The molecule has 0 saturated heterocycles. The quantitative estimate of drug-likeness (QED) is 0.716. The Labute approximate surface area is 112 Å². The van der Waals surface area contributed by atoms with Crippen LogP contribution in [0.25, 0.3) is 5.70 Å². The Morgan fingerprint density at radius 2 is 2.00 bits per heavy atom. The van der Waals surface area contributed by atoms with Crippen LogP contribution in [0.2, 0.25) is 0 Å². The molecule has 1 aromatic rings. The van der Waals surface area contributed by atoms with Crippen molar-refractivity contribution in [3.63, 3.8) is 0 Å². The highest BCUT2D eigenvalue weighted by Crippen LogP contribution is 2.19. The van der Waals surface area contributed by atoms with E-state index in [0.717, 1.165) is 12.1 Å². The maximum Gasteiger partial charge on any atom is 0.0343 e. The van der Waals surface area contributed by atoms with E-state index >= 15 is 0 Å². The van der Waals surface area contributed by atoms with Gasteiger partial charge in [-0.3, -0.25) is 0 Å². The Hall–Kier alpha value is -1.24. The molecule has 18 heavy (non-hydrogen) atoms. The second-order valence-corrected chi connectivity index (χ2v) is 5.30. The maximum atomic E-state index is 4.18. The summed E-state index contributed by atoms with van der Waals surface area (Å²) in [5, 5.41) is 3.56. The highest BCUT2D eigenvalue weighted by molar-refractivity contribution is 5.62. The van der Waals surface area contributed by atoms with E-state index in [1.807, 2.05) is 0 Å². The first-order chi connectivity index (χ1) is 8.58. The third kappa shape index (κ3) is 4.21. The van der Waals surface area contributed by atoms with Gasteiger partial charge in [0.15, 0.2) is 0 Å². The van der Waals surface area contributed by atoms with Gasteiger partial charge in [-0.2, -0.15) is 0 Å². The van der Waals surface area contributed by atoms with Crippen molar-refractivity contribution in [2.45, 2.75) is 58.9 Å². The third-order valence-electron chi connectivity index (χ3n) is 3.41. The first-order valence-electron chi connectivity index (χ1n) is 7.14. The molecule has 0 aliphatic heterocycles. The molecule has 0 amide bonds. The normalized spacial score (nSPS) is 12.5. The van der Waals surface area contributed by atoms with Crippen molar-refractivity contribution in [2.24, 2.45) is 0 Å². The number of benzene rings is 1. The predicted octanol–water partition coefficient (Wildman–Crippen LogP) is 4.95. The molecule has 1 atom stereocenters. The third-order valence-corrected chi connectivity index (χ3v) is 3.41. The van der Waals surface area contributed by atoms with E-state index in [1.54, 1.807) is 0 Å². The molecule has 0 spiro atoms. The summed E-state index contributed by atoms with van der Waals surface area (Å²) in [7, 11) is 0. The molecule has 100 valence electrons. The van der Waals surface area contributed by atoms with Crippen molar-refractivity contribution in [1.82, 2.24) is 5.32 Å². The molecule has 1 heteroatoms. The summed E-state index contributed by atoms with van der Waals surface area (Å²) in [5.74, 6) is 0.565. The van der Waals surface area contributed by atoms with Crippen molar-refractivity contribution >= 4 is 5.70 Å². The first-order valence-corrected chi connectivity index (χ1v) is 7.14. The van der Waals surface area contributed by atoms with Gasteiger partial charge in [0.05, 0.1) is 0 Å². The van der Waals surface area contributed by atoms with E-state index in [1.165, 1.54) is 24.0 Å². The molecule has 0 radical (unpaired) electrons. The SMILES string of the molecule is C=C(NC(CC)CCC)c1cccc(C(C)C)c1. The van der Waals surface area contributed by atoms with Crippen molar-refractivity contribution in [3.8, 4) is 0 Å². The number of rotatable bonds is 7. The van der Waals surface area contributed by atoms with Crippen LogP contribution in [-0.4, -0.2) is 6.04 Å². The Morgan fingerprint density at radius 1 is 1.28 bits per heavy atom. The fourth-order valence-electron chi connectivity index (χ4n) is 2.14. The topological polar surface area (TPSA) is 12.0 Å². The molecule has 0 aliphatic carbocycles. The Kier molecular flexibility index (Phi) is 5.97. The molecule has 1 rings (SSSR count). The van der Waals surface area contributed by atoms with Crippen molar-refractivity contribution in [1.29, 1.82) is 0 Å². The maximum absolute atomic E-state index is 4.18. The van der Waals surface area contributed by atoms with E-state index in [0.29, 0.717) is 12.0 Å². The molecular formula is C17H27N. The van der Waals surface area contributed by atoms with Crippen molar-refractivity contribution in [3.05, 3.63) is 42.0 Å². The zero-order valence-corrected chi connectivity index (χ0v) is 12.3. The molecule has 0 aromatic heterocycles. The lowest BCUT2D eigenvalue weighted by Gasteiger charge is -2.20. The van der Waals surface area contributed by atoms with E-state index in [4.69, 9.17) is 0 Å². The van der Waals surface area contributed by atoms with Crippen LogP contribution in [0.1, 0.15) is 64.0 Å². The standard InChI is InChI=1S/C17H27N/c1-6-9-17(7-2)18-14(5)16-11-8-10-15(12-16)13(3)4/h8,10-13,17-18H,5-7,9H2,1-4H3. The molecule has 1 N–H and O–H groups in total. The van der Waals surface area contributed by atoms with Crippen LogP contribution in [0.15, 0.2) is 30.8 Å². The van der Waals surface area contributed by atoms with Crippen molar-refractivity contribution in [2.75, 3.05) is 0 Å². The van der Waals surface area contributed by atoms with Crippen LogP contribution in [-0.2, 0) is 0 Å². The van der Waals surface area contributed by atoms with Crippen LogP contribution in [0.5, 0.6) is 0 Å². The van der Waals surface area contributed by atoms with E-state index in [-0.39, 0.29) is 0 Å². The smallest absolute Gasteiger partial charge is 0.0343 e. The van der Waals surface area contributed by atoms with Gasteiger partial charge in [0.2, 0.25) is 0 Å². The first kappa shape index (κ1) is 14.8. The lowest BCUT2D eigenvalue weighted by Crippen LogP contribution is -2.26. The highest BCUT2D eigenvalue weighted by atomic mass is 14.9. The Balaban J connectivity index is 2.74. The summed E-state index contributed by atoms with van der Waals surface area (Å²) in [6.07, 6.45) is 3.57. The Morgan fingerprint density at radius 3 is 2.56 bits per heavy atom. The fraction of sp³-hybridized carbons (Fsp3) is 0.529. The molecule has 0 saturated carbocycles. The highest BCUT2D eigenvalue weighted by Gasteiger charge is 2.08. The lowest BCUT2D eigenvalue weighted by molar-refractivity contribution is 0.529. The van der Waals surface area contributed by atoms with E-state index < -0.39 is 0 Å². The molecule has 0 fully saturated rings. The van der Waals surface area contributed by atoms with Gasteiger partial charge in [-0.15, -0.1) is 0 Å². The van der Waals surface area contributed by atoms with Gasteiger partial charge in [-0.25, -0.2) is 0 Å². The largest absolute Gasteiger partial charge is 0.382 e. The van der Waals surface area contributed by atoms with Crippen molar-refractivity contribution < 1.29 is 0 Å². The minimum absolute atomic E-state index is 0.546. The van der Waals surface area contributed by atoms with Crippen LogP contribution in [0.3, 0.4) is 0 Å². The van der Waals surface area contributed by atoms with Gasteiger partial charge in [0.1, 0.15) is 0 Å². The zero-order chi connectivity index (χ0) is 13.5. The Bertz CT molecular complexity index is 379. The minimum atomic E-state index is 0.546. The average Bonchev–Trinajstić information content (AvgIpc) is 2.38. The van der Waals surface area contributed by atoms with E-state index in [9.17, 15) is 0 Å². The summed E-state index contributed by atoms with van der Waals surface area (Å²) in [5.41, 5.74) is 3.65. The molecule has 0 aliphatic rings. The van der Waals surface area contributed by atoms with Gasteiger partial charge < -0.3 is 5.32 Å². The predicted molar refractivity (Wildman–Crippen MR) is 81.7 cm³/mol. The second kappa shape index (κ2) is 7.25. The van der Waals surface area contributed by atoms with Crippen LogP contribution in [0.4, 0.5) is 0 Å². The fourth-order valence-corrected chi connectivity index (χ4v) is 2.14. The molecule has 1 nitrogen and oxygen atoms in total. The van der Waals surface area contributed by atoms with Gasteiger partial charge >= 0.3 is 0 Å². The van der Waals surface area contributed by atoms with Crippen LogP contribution >= 0.6 is 0 Å². The second-order valence-electron chi connectivity index (χ2n) is 5.30. The van der Waals surface area contributed by atoms with Gasteiger partial charge in [0.25, 0.3) is 0 Å². The van der Waals surface area contributed by atoms with Crippen LogP contribution < -0.4 is 5.32 Å². The summed E-state index contributed by atoms with van der Waals surface area (Å²) >= 11 is 0. The number of hydrogen-bond acceptors (Lipinski definition) is 1. The number of hydrogen-bond donors (Lipinski definition) is 1. The summed E-state index contributed by atoms with van der Waals surface area (Å²) in [6, 6.07) is 9.24. The number of nitrogens with one attached hydrogen (secondary N) is 1. The van der Waals surface area contributed by atoms with E-state index in [2.05, 4.69) is 63.9 Å². The average molecular weight is 245 g/mol. The van der Waals surface area contributed by atoms with Crippen LogP contribution in [0, 0.1) is 0 Å². The molecule has 1 aromatic carbocycles. The van der Waals surface area contributed by atoms with Gasteiger partial charge in [0, 0.05) is 11.7 Å². The molecule has 0 bridgehead atoms. The van der Waals surface area contributed by atoms with Gasteiger partial charge in [-0.1, -0.05) is 58.9 Å². The van der Waals surface area contributed by atoms with Gasteiger partial charge in [-0.05, 0) is 36.0 Å². The zero-order valence-electron chi connectivity index (χ0n) is 12.3. The molecular weight excluding hydrogens is 218 g/mol. The summed E-state index contributed by atoms with van der Waals surface area (Å²) in [4.78, 5) is 0. The lowest BCUT2D eigenvalue weighted by atomic mass is 9.99. The summed E-state index contributed by atoms with van der Waals surface area (Å²) in [6.45, 7) is 13.1. The monoisotopic (exact) mass is 245 g/mol.